The lowest BCUT2D eigenvalue weighted by Crippen LogP contribution is -2.39. The second-order valence-electron chi connectivity index (χ2n) is 6.39. The first-order chi connectivity index (χ1) is 13.1. The average molecular weight is 369 g/mol. The van der Waals surface area contributed by atoms with Gasteiger partial charge >= 0.3 is 0 Å². The predicted molar refractivity (Wildman–Crippen MR) is 107 cm³/mol. The van der Waals surface area contributed by atoms with E-state index in [9.17, 15) is 9.59 Å². The van der Waals surface area contributed by atoms with E-state index in [1.54, 1.807) is 37.3 Å². The van der Waals surface area contributed by atoms with Gasteiger partial charge in [-0.25, -0.2) is 0 Å². The lowest BCUT2D eigenvalue weighted by atomic mass is 10.1. The molecular formula is C21H27N3O3. The van der Waals surface area contributed by atoms with Crippen molar-refractivity contribution in [2.75, 3.05) is 39.1 Å². The van der Waals surface area contributed by atoms with E-state index in [0.717, 1.165) is 12.8 Å². The van der Waals surface area contributed by atoms with Crippen molar-refractivity contribution >= 4 is 17.5 Å². The molecule has 6 nitrogen and oxygen atoms in total. The fourth-order valence-electron chi connectivity index (χ4n) is 2.67. The highest BCUT2D eigenvalue weighted by Crippen LogP contribution is 2.16. The lowest BCUT2D eigenvalue weighted by Gasteiger charge is -2.16. The SMILES string of the molecule is COc1cccc(NC(=O)CN(C)CC(=O)NCCCc2ccccc2)c1. The Morgan fingerprint density at radius 3 is 2.48 bits per heavy atom. The summed E-state index contributed by atoms with van der Waals surface area (Å²) in [5.41, 5.74) is 1.93. The zero-order valence-corrected chi connectivity index (χ0v) is 15.9. The number of amides is 2. The number of likely N-dealkylation sites (N-methyl/N-ethyl adjacent to an activating group) is 1. The number of nitrogens with zero attached hydrogens (tertiary/aromatic N) is 1. The van der Waals surface area contributed by atoms with Crippen LogP contribution in [-0.2, 0) is 16.0 Å². The molecule has 0 unspecified atom stereocenters. The van der Waals surface area contributed by atoms with Crippen molar-refractivity contribution in [1.82, 2.24) is 10.2 Å². The van der Waals surface area contributed by atoms with Crippen LogP contribution in [-0.4, -0.2) is 50.5 Å². The maximum Gasteiger partial charge on any atom is 0.238 e. The lowest BCUT2D eigenvalue weighted by molar-refractivity contribution is -0.122. The smallest absolute Gasteiger partial charge is 0.238 e. The van der Waals surface area contributed by atoms with Gasteiger partial charge in [0, 0.05) is 18.3 Å². The van der Waals surface area contributed by atoms with Crippen molar-refractivity contribution < 1.29 is 14.3 Å². The molecule has 144 valence electrons. The molecule has 0 atom stereocenters. The van der Waals surface area contributed by atoms with Crippen molar-refractivity contribution in [2.45, 2.75) is 12.8 Å². The fraction of sp³-hybridized carbons (Fsp3) is 0.333. The van der Waals surface area contributed by atoms with Crippen LogP contribution in [0.4, 0.5) is 5.69 Å². The third-order valence-electron chi connectivity index (χ3n) is 3.99. The van der Waals surface area contributed by atoms with Gasteiger partial charge in [0.2, 0.25) is 11.8 Å². The second-order valence-corrected chi connectivity index (χ2v) is 6.39. The molecule has 0 aromatic heterocycles. The first kappa shape index (κ1) is 20.5. The van der Waals surface area contributed by atoms with Gasteiger partial charge in [-0.15, -0.1) is 0 Å². The molecule has 2 amide bonds. The van der Waals surface area contributed by atoms with Crippen LogP contribution in [0.25, 0.3) is 0 Å². The van der Waals surface area contributed by atoms with Gasteiger partial charge in [-0.1, -0.05) is 36.4 Å². The normalized spacial score (nSPS) is 10.5. The number of carbonyl (C=O) groups is 2. The van der Waals surface area contributed by atoms with Crippen LogP contribution in [0.3, 0.4) is 0 Å². The maximum atomic E-state index is 12.1. The van der Waals surface area contributed by atoms with Crippen LogP contribution in [0.15, 0.2) is 54.6 Å². The van der Waals surface area contributed by atoms with E-state index in [-0.39, 0.29) is 24.9 Å². The minimum absolute atomic E-state index is 0.0836. The summed E-state index contributed by atoms with van der Waals surface area (Å²) in [5, 5.41) is 5.69. The van der Waals surface area contributed by atoms with E-state index in [4.69, 9.17) is 4.74 Å². The Labute approximate surface area is 160 Å². The van der Waals surface area contributed by atoms with Gasteiger partial charge in [0.25, 0.3) is 0 Å². The van der Waals surface area contributed by atoms with Crippen LogP contribution in [0.1, 0.15) is 12.0 Å². The average Bonchev–Trinajstić information content (AvgIpc) is 2.66. The number of anilines is 1. The van der Waals surface area contributed by atoms with Gasteiger partial charge in [0.1, 0.15) is 5.75 Å². The molecule has 2 aromatic carbocycles. The molecule has 6 heteroatoms. The number of carbonyl (C=O) groups excluding carboxylic acids is 2. The van der Waals surface area contributed by atoms with Crippen molar-refractivity contribution in [3.8, 4) is 5.75 Å². The largest absolute Gasteiger partial charge is 0.497 e. The molecule has 0 aliphatic heterocycles. The number of methoxy groups -OCH3 is 1. The van der Waals surface area contributed by atoms with Crippen molar-refractivity contribution in [3.05, 3.63) is 60.2 Å². The Bertz CT molecular complexity index is 734. The molecule has 2 N–H and O–H groups in total. The second kappa shape index (κ2) is 11.0. The molecule has 2 rings (SSSR count). The maximum absolute atomic E-state index is 12.1. The van der Waals surface area contributed by atoms with Crippen molar-refractivity contribution in [1.29, 1.82) is 0 Å². The van der Waals surface area contributed by atoms with Crippen molar-refractivity contribution in [3.63, 3.8) is 0 Å². The fourth-order valence-corrected chi connectivity index (χ4v) is 2.67. The van der Waals surface area contributed by atoms with Crippen LogP contribution in [0.5, 0.6) is 5.75 Å². The minimum Gasteiger partial charge on any atom is -0.497 e. The monoisotopic (exact) mass is 369 g/mol. The van der Waals surface area contributed by atoms with Gasteiger partial charge < -0.3 is 15.4 Å². The van der Waals surface area contributed by atoms with Gasteiger partial charge in [-0.05, 0) is 37.6 Å². The summed E-state index contributed by atoms with van der Waals surface area (Å²) in [7, 11) is 3.32. The zero-order valence-electron chi connectivity index (χ0n) is 15.9. The zero-order chi connectivity index (χ0) is 19.5. The first-order valence-corrected chi connectivity index (χ1v) is 9.00. The Morgan fingerprint density at radius 1 is 1.00 bits per heavy atom. The molecule has 27 heavy (non-hydrogen) atoms. The topological polar surface area (TPSA) is 70.7 Å². The quantitative estimate of drug-likeness (QED) is 0.631. The molecule has 0 fully saturated rings. The van der Waals surface area contributed by atoms with E-state index in [0.29, 0.717) is 18.0 Å². The molecule has 0 aliphatic rings. The van der Waals surface area contributed by atoms with E-state index in [1.807, 2.05) is 24.3 Å². The van der Waals surface area contributed by atoms with Crippen LogP contribution in [0.2, 0.25) is 0 Å². The van der Waals surface area contributed by atoms with E-state index in [1.165, 1.54) is 5.56 Å². The van der Waals surface area contributed by atoms with Crippen LogP contribution in [0, 0.1) is 0 Å². The predicted octanol–water partition coefficient (Wildman–Crippen LogP) is 2.31. The summed E-state index contributed by atoms with van der Waals surface area (Å²) in [6.07, 6.45) is 1.82. The Morgan fingerprint density at radius 2 is 1.74 bits per heavy atom. The number of hydrogen-bond acceptors (Lipinski definition) is 4. The van der Waals surface area contributed by atoms with Crippen LogP contribution >= 0.6 is 0 Å². The molecule has 0 radical (unpaired) electrons. The summed E-state index contributed by atoms with van der Waals surface area (Å²) >= 11 is 0. The van der Waals surface area contributed by atoms with Gasteiger partial charge in [0.05, 0.1) is 20.2 Å². The third-order valence-corrected chi connectivity index (χ3v) is 3.99. The molecule has 0 heterocycles. The Kier molecular flexibility index (Phi) is 8.32. The highest BCUT2D eigenvalue weighted by atomic mass is 16.5. The van der Waals surface area contributed by atoms with Gasteiger partial charge in [0.15, 0.2) is 0 Å². The number of aryl methyl sites for hydroxylation is 1. The molecule has 2 aromatic rings. The summed E-state index contributed by atoms with van der Waals surface area (Å²) in [4.78, 5) is 25.8. The molecule has 0 aliphatic carbocycles. The number of benzene rings is 2. The molecule has 0 spiro atoms. The molecule has 0 saturated heterocycles. The minimum atomic E-state index is -0.178. The molecule has 0 bridgehead atoms. The Hall–Kier alpha value is -2.86. The highest BCUT2D eigenvalue weighted by molar-refractivity contribution is 5.92. The molecule has 0 saturated carbocycles. The van der Waals surface area contributed by atoms with Crippen LogP contribution < -0.4 is 15.4 Å². The Balaban J connectivity index is 1.64. The van der Waals surface area contributed by atoms with Gasteiger partial charge in [-0.3, -0.25) is 14.5 Å². The summed E-state index contributed by atoms with van der Waals surface area (Å²) in [5.74, 6) is 0.415. The molecular weight excluding hydrogens is 342 g/mol. The number of rotatable bonds is 10. The van der Waals surface area contributed by atoms with Crippen molar-refractivity contribution in [2.24, 2.45) is 0 Å². The van der Waals surface area contributed by atoms with E-state index in [2.05, 4.69) is 22.8 Å². The van der Waals surface area contributed by atoms with E-state index >= 15 is 0 Å². The van der Waals surface area contributed by atoms with Gasteiger partial charge in [-0.2, -0.15) is 0 Å². The first-order valence-electron chi connectivity index (χ1n) is 9.00. The third kappa shape index (κ3) is 7.92. The number of hydrogen-bond donors (Lipinski definition) is 2. The number of nitrogens with one attached hydrogen (secondary N) is 2. The highest BCUT2D eigenvalue weighted by Gasteiger charge is 2.11. The summed E-state index contributed by atoms with van der Waals surface area (Å²) in [6.45, 7) is 0.934. The number of ether oxygens (including phenoxy) is 1. The summed E-state index contributed by atoms with van der Waals surface area (Å²) in [6, 6.07) is 17.3. The van der Waals surface area contributed by atoms with E-state index < -0.39 is 0 Å². The standard InChI is InChI=1S/C21H27N3O3/c1-24(16-21(26)23-18-11-6-12-19(14-18)27-2)15-20(25)22-13-7-10-17-8-4-3-5-9-17/h3-6,8-9,11-12,14H,7,10,13,15-16H2,1-2H3,(H,22,25)(H,23,26). The summed E-state index contributed by atoms with van der Waals surface area (Å²) < 4.78 is 5.13.